The van der Waals surface area contributed by atoms with Gasteiger partial charge in [0, 0.05) is 10.9 Å². The highest BCUT2D eigenvalue weighted by molar-refractivity contribution is 9.11. The van der Waals surface area contributed by atoms with Crippen molar-refractivity contribution in [3.05, 3.63) is 20.3 Å². The van der Waals surface area contributed by atoms with Gasteiger partial charge in [0.2, 0.25) is 0 Å². The van der Waals surface area contributed by atoms with Crippen molar-refractivity contribution >= 4 is 27.3 Å². The molecule has 0 radical (unpaired) electrons. The lowest BCUT2D eigenvalue weighted by Crippen LogP contribution is -2.23. The van der Waals surface area contributed by atoms with E-state index < -0.39 is 0 Å². The third kappa shape index (κ3) is 1.87. The summed E-state index contributed by atoms with van der Waals surface area (Å²) in [5.41, 5.74) is 1.38. The minimum Gasteiger partial charge on any atom is -0.312 e. The molecule has 2 saturated carbocycles. The second-order valence-corrected chi connectivity index (χ2v) is 7.76. The molecule has 1 heterocycles. The first-order valence-electron chi connectivity index (χ1n) is 6.12. The van der Waals surface area contributed by atoms with E-state index >= 15 is 0 Å². The number of halogens is 1. The van der Waals surface area contributed by atoms with E-state index in [4.69, 9.17) is 0 Å². The minimum absolute atomic E-state index is 0.586. The standard InChI is InChI=1S/C13H18BrNS/c1-7-3-11(16-13(7)14)12(15-2)10-5-8-4-9(8)6-10/h3,8-10,12,15H,4-6H2,1-2H3. The molecule has 16 heavy (non-hydrogen) atoms. The summed E-state index contributed by atoms with van der Waals surface area (Å²) in [5.74, 6) is 3.02. The van der Waals surface area contributed by atoms with Crippen LogP contribution in [0.1, 0.15) is 35.7 Å². The quantitative estimate of drug-likeness (QED) is 0.885. The van der Waals surface area contributed by atoms with Gasteiger partial charge < -0.3 is 5.32 Å². The van der Waals surface area contributed by atoms with Gasteiger partial charge in [-0.2, -0.15) is 0 Å². The van der Waals surface area contributed by atoms with Gasteiger partial charge >= 0.3 is 0 Å². The van der Waals surface area contributed by atoms with Crippen LogP contribution < -0.4 is 5.32 Å². The predicted molar refractivity (Wildman–Crippen MR) is 72.9 cm³/mol. The molecule has 0 saturated heterocycles. The summed E-state index contributed by atoms with van der Waals surface area (Å²) in [6, 6.07) is 2.93. The van der Waals surface area contributed by atoms with Crippen LogP contribution in [0.15, 0.2) is 9.85 Å². The molecule has 2 aliphatic carbocycles. The summed E-state index contributed by atoms with van der Waals surface area (Å²) in [5, 5.41) is 3.53. The molecule has 1 aromatic heterocycles. The summed E-state index contributed by atoms with van der Waals surface area (Å²) in [6.07, 6.45) is 4.41. The normalized spacial score (nSPS) is 33.8. The van der Waals surface area contributed by atoms with Crippen molar-refractivity contribution in [1.82, 2.24) is 5.32 Å². The van der Waals surface area contributed by atoms with E-state index in [1.807, 2.05) is 11.3 Å². The van der Waals surface area contributed by atoms with Crippen LogP contribution in [0.25, 0.3) is 0 Å². The highest BCUT2D eigenvalue weighted by Gasteiger charge is 2.48. The number of nitrogens with one attached hydrogen (secondary N) is 1. The Morgan fingerprint density at radius 2 is 2.06 bits per heavy atom. The third-order valence-electron chi connectivity index (χ3n) is 4.25. The third-order valence-corrected chi connectivity index (χ3v) is 6.46. The fourth-order valence-electron chi connectivity index (χ4n) is 3.28. The summed E-state index contributed by atoms with van der Waals surface area (Å²) in [6.45, 7) is 2.18. The average molecular weight is 300 g/mol. The lowest BCUT2D eigenvalue weighted by molar-refractivity contribution is 0.364. The van der Waals surface area contributed by atoms with Gasteiger partial charge in [-0.25, -0.2) is 0 Å². The summed E-state index contributed by atoms with van der Waals surface area (Å²) in [4.78, 5) is 1.51. The van der Waals surface area contributed by atoms with Crippen molar-refractivity contribution < 1.29 is 0 Å². The van der Waals surface area contributed by atoms with E-state index in [2.05, 4.69) is 41.3 Å². The van der Waals surface area contributed by atoms with Crippen LogP contribution in [0.2, 0.25) is 0 Å². The first-order chi connectivity index (χ1) is 7.69. The Bertz CT molecular complexity index is 371. The predicted octanol–water partition coefficient (Wildman–Crippen LogP) is 4.13. The second kappa shape index (κ2) is 4.11. The highest BCUT2D eigenvalue weighted by Crippen LogP contribution is 2.57. The maximum absolute atomic E-state index is 3.63. The van der Waals surface area contributed by atoms with Gasteiger partial charge in [0.25, 0.3) is 0 Å². The van der Waals surface area contributed by atoms with E-state index in [0.717, 1.165) is 17.8 Å². The van der Waals surface area contributed by atoms with E-state index in [1.165, 1.54) is 33.5 Å². The van der Waals surface area contributed by atoms with Gasteiger partial charge in [0.1, 0.15) is 0 Å². The molecule has 2 aliphatic rings. The Kier molecular flexibility index (Phi) is 2.89. The zero-order valence-electron chi connectivity index (χ0n) is 9.79. The molecular formula is C13H18BrNS. The first kappa shape index (κ1) is 11.2. The molecular weight excluding hydrogens is 282 g/mol. The number of hydrogen-bond donors (Lipinski definition) is 1. The number of thiophene rings is 1. The molecule has 0 bridgehead atoms. The molecule has 88 valence electrons. The van der Waals surface area contributed by atoms with E-state index in [-0.39, 0.29) is 0 Å². The van der Waals surface area contributed by atoms with E-state index in [1.54, 1.807) is 0 Å². The molecule has 3 rings (SSSR count). The van der Waals surface area contributed by atoms with Crippen molar-refractivity contribution in [2.45, 2.75) is 32.2 Å². The lowest BCUT2D eigenvalue weighted by atomic mass is 9.93. The topological polar surface area (TPSA) is 12.0 Å². The number of hydrogen-bond acceptors (Lipinski definition) is 2. The van der Waals surface area contributed by atoms with Crippen LogP contribution >= 0.6 is 27.3 Å². The molecule has 3 atom stereocenters. The minimum atomic E-state index is 0.586. The van der Waals surface area contributed by atoms with Crippen LogP contribution in [0.3, 0.4) is 0 Å². The van der Waals surface area contributed by atoms with Crippen molar-refractivity contribution in [2.75, 3.05) is 7.05 Å². The maximum atomic E-state index is 3.63. The summed E-state index contributed by atoms with van der Waals surface area (Å²) >= 11 is 5.54. The number of fused-ring (bicyclic) bond motifs is 1. The summed E-state index contributed by atoms with van der Waals surface area (Å²) in [7, 11) is 2.11. The SMILES string of the molecule is CNC(c1cc(C)c(Br)s1)C1CC2CC2C1. The first-order valence-corrected chi connectivity index (χ1v) is 7.73. The van der Waals surface area contributed by atoms with E-state index in [9.17, 15) is 0 Å². The Morgan fingerprint density at radius 3 is 2.56 bits per heavy atom. The average Bonchev–Trinajstić information content (AvgIpc) is 2.72. The molecule has 2 fully saturated rings. The van der Waals surface area contributed by atoms with Gasteiger partial charge in [0.15, 0.2) is 0 Å². The van der Waals surface area contributed by atoms with Crippen LogP contribution in [0.5, 0.6) is 0 Å². The smallest absolute Gasteiger partial charge is 0.0731 e. The fraction of sp³-hybridized carbons (Fsp3) is 0.692. The zero-order valence-corrected chi connectivity index (χ0v) is 12.2. The molecule has 0 spiro atoms. The monoisotopic (exact) mass is 299 g/mol. The number of aryl methyl sites for hydroxylation is 1. The molecule has 1 aromatic rings. The van der Waals surface area contributed by atoms with Gasteiger partial charge in [-0.05, 0) is 78.5 Å². The van der Waals surface area contributed by atoms with Gasteiger partial charge in [0.05, 0.1) is 3.79 Å². The van der Waals surface area contributed by atoms with Crippen LogP contribution in [-0.2, 0) is 0 Å². The molecule has 0 aromatic carbocycles. The maximum Gasteiger partial charge on any atom is 0.0731 e. The molecule has 3 heteroatoms. The van der Waals surface area contributed by atoms with Crippen LogP contribution in [0.4, 0.5) is 0 Å². The van der Waals surface area contributed by atoms with Crippen molar-refractivity contribution in [3.8, 4) is 0 Å². The fourth-order valence-corrected chi connectivity index (χ4v) is 5.06. The molecule has 3 unspecified atom stereocenters. The molecule has 1 nitrogen and oxygen atoms in total. The van der Waals surface area contributed by atoms with Crippen LogP contribution in [-0.4, -0.2) is 7.05 Å². The number of rotatable bonds is 3. The van der Waals surface area contributed by atoms with Gasteiger partial charge in [-0.3, -0.25) is 0 Å². The molecule has 0 aliphatic heterocycles. The van der Waals surface area contributed by atoms with Gasteiger partial charge in [-0.15, -0.1) is 11.3 Å². The molecule has 1 N–H and O–H groups in total. The zero-order chi connectivity index (χ0) is 11.3. The largest absolute Gasteiger partial charge is 0.312 e. The van der Waals surface area contributed by atoms with Crippen molar-refractivity contribution in [2.24, 2.45) is 17.8 Å². The van der Waals surface area contributed by atoms with E-state index in [0.29, 0.717) is 6.04 Å². The Labute approximate surface area is 110 Å². The van der Waals surface area contributed by atoms with Crippen molar-refractivity contribution in [1.29, 1.82) is 0 Å². The van der Waals surface area contributed by atoms with Gasteiger partial charge in [-0.1, -0.05) is 0 Å². The lowest BCUT2D eigenvalue weighted by Gasteiger charge is -2.23. The Balaban J connectivity index is 1.79. The highest BCUT2D eigenvalue weighted by atomic mass is 79.9. The molecule has 0 amide bonds. The Hall–Kier alpha value is 0.140. The van der Waals surface area contributed by atoms with Crippen molar-refractivity contribution in [3.63, 3.8) is 0 Å². The second-order valence-electron chi connectivity index (χ2n) is 5.36. The van der Waals surface area contributed by atoms with Crippen LogP contribution in [0, 0.1) is 24.7 Å². The Morgan fingerprint density at radius 1 is 1.38 bits per heavy atom. The summed E-state index contributed by atoms with van der Waals surface area (Å²) < 4.78 is 1.30.